The van der Waals surface area contributed by atoms with E-state index in [1.807, 2.05) is 19.3 Å². The molecule has 1 atom stereocenters. The third-order valence-electron chi connectivity index (χ3n) is 3.77. The number of hydrogen-bond acceptors (Lipinski definition) is 4. The van der Waals surface area contributed by atoms with Gasteiger partial charge in [0.1, 0.15) is 0 Å². The molecular weight excluding hydrogens is 309 g/mol. The van der Waals surface area contributed by atoms with Gasteiger partial charge in [0.05, 0.1) is 27.6 Å². The minimum absolute atomic E-state index is 0.516. The summed E-state index contributed by atoms with van der Waals surface area (Å²) in [6.07, 6.45) is 3.11. The summed E-state index contributed by atoms with van der Waals surface area (Å²) < 4.78 is 1.73. The van der Waals surface area contributed by atoms with Crippen LogP contribution in [0.5, 0.6) is 0 Å². The predicted molar refractivity (Wildman–Crippen MR) is 84.1 cm³/mol. The molecule has 0 saturated carbocycles. The largest absolute Gasteiger partial charge is 0.316 e. The standard InChI is InChI=1S/C14H17Cl2N5/c1-17-10-4-5-20(7-10)8-11-9-21(19-18-11)12-2-3-13(15)14(16)6-12/h2-3,6,9-10,17H,4-5,7-8H2,1H3/t10-/m0/s1. The van der Waals surface area contributed by atoms with E-state index in [-0.39, 0.29) is 0 Å². The fraction of sp³-hybridized carbons (Fsp3) is 0.429. The van der Waals surface area contributed by atoms with Gasteiger partial charge in [-0.25, -0.2) is 4.68 Å². The zero-order chi connectivity index (χ0) is 14.8. The topological polar surface area (TPSA) is 46.0 Å². The van der Waals surface area contributed by atoms with Crippen molar-refractivity contribution in [3.8, 4) is 5.69 Å². The highest BCUT2D eigenvalue weighted by Gasteiger charge is 2.21. The monoisotopic (exact) mass is 325 g/mol. The number of nitrogens with one attached hydrogen (secondary N) is 1. The number of rotatable bonds is 4. The number of aromatic nitrogens is 3. The number of halogens is 2. The molecule has 3 rings (SSSR count). The molecule has 1 aromatic carbocycles. The fourth-order valence-electron chi connectivity index (χ4n) is 2.57. The Morgan fingerprint density at radius 3 is 2.90 bits per heavy atom. The highest BCUT2D eigenvalue weighted by Crippen LogP contribution is 2.24. The first kappa shape index (κ1) is 14.8. The molecule has 0 bridgehead atoms. The first-order chi connectivity index (χ1) is 10.2. The van der Waals surface area contributed by atoms with E-state index in [9.17, 15) is 0 Å². The minimum atomic E-state index is 0.516. The lowest BCUT2D eigenvalue weighted by molar-refractivity contribution is 0.318. The maximum Gasteiger partial charge on any atom is 0.0971 e. The summed E-state index contributed by atoms with van der Waals surface area (Å²) in [6.45, 7) is 2.96. The van der Waals surface area contributed by atoms with Crippen molar-refractivity contribution in [1.29, 1.82) is 0 Å². The summed E-state index contributed by atoms with van der Waals surface area (Å²) in [5.74, 6) is 0. The van der Waals surface area contributed by atoms with E-state index in [4.69, 9.17) is 23.2 Å². The first-order valence-electron chi connectivity index (χ1n) is 6.92. The van der Waals surface area contributed by atoms with Crippen LogP contribution in [0.15, 0.2) is 24.4 Å². The van der Waals surface area contributed by atoms with Crippen molar-refractivity contribution in [2.45, 2.75) is 19.0 Å². The number of likely N-dealkylation sites (tertiary alicyclic amines) is 1. The van der Waals surface area contributed by atoms with Gasteiger partial charge in [-0.05, 0) is 31.7 Å². The Hall–Kier alpha value is -1.14. The zero-order valence-corrected chi connectivity index (χ0v) is 13.3. The van der Waals surface area contributed by atoms with Crippen LogP contribution in [0.25, 0.3) is 5.69 Å². The second-order valence-electron chi connectivity index (χ2n) is 5.26. The van der Waals surface area contributed by atoms with Gasteiger partial charge in [0, 0.05) is 25.7 Å². The Morgan fingerprint density at radius 1 is 1.33 bits per heavy atom. The third kappa shape index (κ3) is 3.37. The maximum atomic E-state index is 6.03. The zero-order valence-electron chi connectivity index (χ0n) is 11.8. The SMILES string of the molecule is CN[C@H]1CCN(Cc2cn(-c3ccc(Cl)c(Cl)c3)nn2)C1. The lowest BCUT2D eigenvalue weighted by atomic mass is 10.3. The molecule has 112 valence electrons. The summed E-state index contributed by atoms with van der Waals surface area (Å²) in [6, 6.07) is 6.00. The smallest absolute Gasteiger partial charge is 0.0971 e. The Balaban J connectivity index is 1.70. The Morgan fingerprint density at radius 2 is 2.19 bits per heavy atom. The average molecular weight is 326 g/mol. The van der Waals surface area contributed by atoms with Crippen molar-refractivity contribution in [3.05, 3.63) is 40.1 Å². The van der Waals surface area contributed by atoms with Crippen LogP contribution in [0.2, 0.25) is 10.0 Å². The van der Waals surface area contributed by atoms with E-state index < -0.39 is 0 Å². The highest BCUT2D eigenvalue weighted by molar-refractivity contribution is 6.42. The Kier molecular flexibility index (Phi) is 4.45. The number of nitrogens with zero attached hydrogens (tertiary/aromatic N) is 4. The molecule has 1 N–H and O–H groups in total. The molecule has 2 heterocycles. The van der Waals surface area contributed by atoms with E-state index in [0.717, 1.165) is 31.0 Å². The molecule has 7 heteroatoms. The van der Waals surface area contributed by atoms with Crippen molar-refractivity contribution in [3.63, 3.8) is 0 Å². The van der Waals surface area contributed by atoms with Gasteiger partial charge in [-0.1, -0.05) is 28.4 Å². The Bertz CT molecular complexity index is 628. The van der Waals surface area contributed by atoms with E-state index in [2.05, 4.69) is 20.5 Å². The van der Waals surface area contributed by atoms with Crippen molar-refractivity contribution >= 4 is 23.2 Å². The van der Waals surface area contributed by atoms with Crippen LogP contribution >= 0.6 is 23.2 Å². The molecule has 0 aliphatic carbocycles. The number of hydrogen-bond donors (Lipinski definition) is 1. The van der Waals surface area contributed by atoms with Gasteiger partial charge in [0.2, 0.25) is 0 Å². The third-order valence-corrected chi connectivity index (χ3v) is 4.51. The fourth-order valence-corrected chi connectivity index (χ4v) is 2.86. The molecule has 1 aliphatic heterocycles. The van der Waals surface area contributed by atoms with Gasteiger partial charge in [0.25, 0.3) is 0 Å². The van der Waals surface area contributed by atoms with Crippen molar-refractivity contribution < 1.29 is 0 Å². The van der Waals surface area contributed by atoms with Gasteiger partial charge < -0.3 is 5.32 Å². The number of benzene rings is 1. The van der Waals surface area contributed by atoms with E-state index in [1.54, 1.807) is 16.8 Å². The second kappa shape index (κ2) is 6.32. The Labute approximate surface area is 133 Å². The summed E-state index contributed by atoms with van der Waals surface area (Å²) in [4.78, 5) is 2.38. The molecule has 0 spiro atoms. The van der Waals surface area contributed by atoms with E-state index >= 15 is 0 Å². The molecule has 0 amide bonds. The van der Waals surface area contributed by atoms with Crippen LogP contribution in [0.1, 0.15) is 12.1 Å². The normalized spacial score (nSPS) is 19.3. The molecule has 2 aromatic rings. The van der Waals surface area contributed by atoms with Gasteiger partial charge in [-0.3, -0.25) is 4.90 Å². The second-order valence-corrected chi connectivity index (χ2v) is 6.08. The predicted octanol–water partition coefficient (Wildman–Crippen LogP) is 2.37. The van der Waals surface area contributed by atoms with Crippen LogP contribution in [0, 0.1) is 0 Å². The summed E-state index contributed by atoms with van der Waals surface area (Å²) in [5.41, 5.74) is 1.82. The van der Waals surface area contributed by atoms with Gasteiger partial charge in [-0.2, -0.15) is 0 Å². The van der Waals surface area contributed by atoms with Gasteiger partial charge >= 0.3 is 0 Å². The maximum absolute atomic E-state index is 6.03. The first-order valence-corrected chi connectivity index (χ1v) is 7.67. The molecule has 1 aromatic heterocycles. The lowest BCUT2D eigenvalue weighted by Gasteiger charge is -2.13. The number of likely N-dealkylation sites (N-methyl/N-ethyl adjacent to an activating group) is 1. The summed E-state index contributed by atoms with van der Waals surface area (Å²) in [5, 5.41) is 12.8. The molecule has 5 nitrogen and oxygen atoms in total. The highest BCUT2D eigenvalue weighted by atomic mass is 35.5. The van der Waals surface area contributed by atoms with Crippen LogP contribution in [0.4, 0.5) is 0 Å². The van der Waals surface area contributed by atoms with Crippen LogP contribution in [0.3, 0.4) is 0 Å². The van der Waals surface area contributed by atoms with Crippen molar-refractivity contribution in [1.82, 2.24) is 25.2 Å². The summed E-state index contributed by atoms with van der Waals surface area (Å²) >= 11 is 12.0. The van der Waals surface area contributed by atoms with Crippen molar-refractivity contribution in [2.75, 3.05) is 20.1 Å². The van der Waals surface area contributed by atoms with Crippen molar-refractivity contribution in [2.24, 2.45) is 0 Å². The lowest BCUT2D eigenvalue weighted by Crippen LogP contribution is -2.29. The average Bonchev–Trinajstić information content (AvgIpc) is 3.11. The quantitative estimate of drug-likeness (QED) is 0.937. The molecule has 0 radical (unpaired) electrons. The van der Waals surface area contributed by atoms with Gasteiger partial charge in [-0.15, -0.1) is 5.10 Å². The molecule has 0 unspecified atom stereocenters. The van der Waals surface area contributed by atoms with Crippen LogP contribution < -0.4 is 5.32 Å². The molecule has 1 saturated heterocycles. The molecule has 1 fully saturated rings. The van der Waals surface area contributed by atoms with Gasteiger partial charge in [0.15, 0.2) is 0 Å². The summed E-state index contributed by atoms with van der Waals surface area (Å²) in [7, 11) is 2.01. The van der Waals surface area contributed by atoms with E-state index in [1.165, 1.54) is 6.42 Å². The molecule has 1 aliphatic rings. The van der Waals surface area contributed by atoms with Crippen LogP contribution in [-0.4, -0.2) is 46.1 Å². The minimum Gasteiger partial charge on any atom is -0.316 e. The molecule has 21 heavy (non-hydrogen) atoms. The molecular formula is C14H17Cl2N5. The van der Waals surface area contributed by atoms with Crippen LogP contribution in [-0.2, 0) is 6.54 Å². The van der Waals surface area contributed by atoms with E-state index in [0.29, 0.717) is 16.1 Å².